The van der Waals surface area contributed by atoms with E-state index in [2.05, 4.69) is 5.32 Å². The molecular weight excluding hydrogens is 316 g/mol. The summed E-state index contributed by atoms with van der Waals surface area (Å²) >= 11 is 0. The highest BCUT2D eigenvalue weighted by Gasteiger charge is 2.37. The maximum Gasteiger partial charge on any atom is 0.254 e. The van der Waals surface area contributed by atoms with Crippen LogP contribution in [-0.4, -0.2) is 25.0 Å². The molecule has 2 aromatic carbocycles. The van der Waals surface area contributed by atoms with Gasteiger partial charge in [-0.05, 0) is 37.1 Å². The molecule has 1 N–H and O–H groups in total. The molecule has 0 bridgehead atoms. The summed E-state index contributed by atoms with van der Waals surface area (Å²) < 4.78 is 5.75. The van der Waals surface area contributed by atoms with Gasteiger partial charge in [0.15, 0.2) is 0 Å². The van der Waals surface area contributed by atoms with Crippen LogP contribution in [0.2, 0.25) is 0 Å². The molecule has 5 heteroatoms. The molecule has 2 amide bonds. The fourth-order valence-electron chi connectivity index (χ4n) is 3.08. The van der Waals surface area contributed by atoms with E-state index in [-0.39, 0.29) is 11.8 Å². The van der Waals surface area contributed by atoms with E-state index in [1.54, 1.807) is 4.90 Å². The molecule has 130 valence electrons. The Bertz CT molecular complexity index is 788. The van der Waals surface area contributed by atoms with Crippen LogP contribution in [0.25, 0.3) is 0 Å². The van der Waals surface area contributed by atoms with Crippen molar-refractivity contribution in [3.63, 3.8) is 0 Å². The van der Waals surface area contributed by atoms with Crippen molar-refractivity contribution < 1.29 is 14.3 Å². The third kappa shape index (κ3) is 3.82. The summed E-state index contributed by atoms with van der Waals surface area (Å²) in [5.41, 5.74) is 2.86. The lowest BCUT2D eigenvalue weighted by atomic mass is 10.1. The molecule has 0 spiro atoms. The Hall–Kier alpha value is -2.82. The summed E-state index contributed by atoms with van der Waals surface area (Å²) in [4.78, 5) is 25.8. The van der Waals surface area contributed by atoms with Crippen molar-refractivity contribution in [1.82, 2.24) is 5.32 Å². The number of carbonyl (C=O) groups excluding carboxylic acids is 2. The smallest absolute Gasteiger partial charge is 0.254 e. The lowest BCUT2D eigenvalue weighted by molar-refractivity contribution is -0.126. The van der Waals surface area contributed by atoms with Crippen molar-refractivity contribution in [2.45, 2.75) is 26.3 Å². The highest BCUT2D eigenvalue weighted by molar-refractivity contribution is 6.06. The Morgan fingerprint density at radius 2 is 2.00 bits per heavy atom. The van der Waals surface area contributed by atoms with Gasteiger partial charge in [-0.2, -0.15) is 0 Å². The van der Waals surface area contributed by atoms with Crippen LogP contribution in [-0.2, 0) is 9.59 Å². The number of aryl methyl sites for hydroxylation is 1. The molecule has 0 aromatic heterocycles. The molecule has 0 aliphatic carbocycles. The van der Waals surface area contributed by atoms with Crippen LogP contribution >= 0.6 is 0 Å². The molecule has 0 saturated heterocycles. The van der Waals surface area contributed by atoms with Crippen molar-refractivity contribution in [1.29, 1.82) is 0 Å². The van der Waals surface area contributed by atoms with Crippen molar-refractivity contribution in [2.24, 2.45) is 0 Å². The Morgan fingerprint density at radius 3 is 2.76 bits per heavy atom. The first-order valence-electron chi connectivity index (χ1n) is 8.43. The van der Waals surface area contributed by atoms with Gasteiger partial charge in [0.1, 0.15) is 11.8 Å². The Morgan fingerprint density at radius 1 is 1.20 bits per heavy atom. The van der Waals surface area contributed by atoms with Crippen molar-refractivity contribution in [3.8, 4) is 5.75 Å². The molecule has 5 nitrogen and oxygen atoms in total. The van der Waals surface area contributed by atoms with Gasteiger partial charge in [0.05, 0.1) is 6.61 Å². The predicted molar refractivity (Wildman–Crippen MR) is 96.6 cm³/mol. The van der Waals surface area contributed by atoms with Gasteiger partial charge < -0.3 is 15.0 Å². The molecule has 0 unspecified atom stereocenters. The SMILES string of the molecule is CC(=O)N[C@@H]1C(=O)N(CCCOc2cccc(C)c2)c2ccccc21. The van der Waals surface area contributed by atoms with Gasteiger partial charge >= 0.3 is 0 Å². The number of hydrogen-bond donors (Lipinski definition) is 1. The normalized spacial score (nSPS) is 15.8. The van der Waals surface area contributed by atoms with Crippen LogP contribution in [0.3, 0.4) is 0 Å². The Balaban J connectivity index is 1.62. The number of ether oxygens (including phenoxy) is 1. The maximum absolute atomic E-state index is 12.7. The number of amides is 2. The summed E-state index contributed by atoms with van der Waals surface area (Å²) in [5.74, 6) is 0.536. The molecule has 1 atom stereocenters. The minimum Gasteiger partial charge on any atom is -0.494 e. The van der Waals surface area contributed by atoms with E-state index < -0.39 is 6.04 Å². The largest absolute Gasteiger partial charge is 0.494 e. The van der Waals surface area contributed by atoms with Gasteiger partial charge in [-0.1, -0.05) is 30.3 Å². The number of nitrogens with zero attached hydrogens (tertiary/aromatic N) is 1. The second-order valence-corrected chi connectivity index (χ2v) is 6.20. The minimum absolute atomic E-state index is 0.0908. The van der Waals surface area contributed by atoms with Crippen molar-refractivity contribution in [2.75, 3.05) is 18.1 Å². The third-order valence-electron chi connectivity index (χ3n) is 4.18. The van der Waals surface area contributed by atoms with Gasteiger partial charge in [-0.25, -0.2) is 0 Å². The van der Waals surface area contributed by atoms with Crippen LogP contribution in [0, 0.1) is 6.92 Å². The monoisotopic (exact) mass is 338 g/mol. The second-order valence-electron chi connectivity index (χ2n) is 6.20. The van der Waals surface area contributed by atoms with Crippen LogP contribution < -0.4 is 15.0 Å². The summed E-state index contributed by atoms with van der Waals surface area (Å²) in [6.07, 6.45) is 0.709. The molecule has 1 aliphatic heterocycles. The molecule has 0 saturated carbocycles. The zero-order valence-corrected chi connectivity index (χ0v) is 14.5. The first-order chi connectivity index (χ1) is 12.1. The van der Waals surface area contributed by atoms with E-state index in [1.807, 2.05) is 55.5 Å². The van der Waals surface area contributed by atoms with E-state index in [0.717, 1.165) is 22.6 Å². The van der Waals surface area contributed by atoms with E-state index in [4.69, 9.17) is 4.74 Å². The fraction of sp³-hybridized carbons (Fsp3) is 0.300. The van der Waals surface area contributed by atoms with Crippen LogP contribution in [0.15, 0.2) is 48.5 Å². The van der Waals surface area contributed by atoms with Gasteiger partial charge in [0.25, 0.3) is 5.91 Å². The molecule has 1 heterocycles. The van der Waals surface area contributed by atoms with Gasteiger partial charge in [-0.3, -0.25) is 9.59 Å². The quantitative estimate of drug-likeness (QED) is 0.824. The van der Waals surface area contributed by atoms with E-state index >= 15 is 0 Å². The molecule has 1 aliphatic rings. The number of fused-ring (bicyclic) bond motifs is 1. The van der Waals surface area contributed by atoms with E-state index in [1.165, 1.54) is 6.92 Å². The maximum atomic E-state index is 12.7. The van der Waals surface area contributed by atoms with Gasteiger partial charge in [-0.15, -0.1) is 0 Å². The highest BCUT2D eigenvalue weighted by Crippen LogP contribution is 2.35. The summed E-state index contributed by atoms with van der Waals surface area (Å²) in [6.45, 7) is 4.53. The minimum atomic E-state index is -0.591. The molecule has 2 aromatic rings. The lowest BCUT2D eigenvalue weighted by Gasteiger charge is -2.18. The highest BCUT2D eigenvalue weighted by atomic mass is 16.5. The number of carbonyl (C=O) groups is 2. The summed E-state index contributed by atoms with van der Waals surface area (Å²) in [6, 6.07) is 14.9. The van der Waals surface area contributed by atoms with Gasteiger partial charge in [0.2, 0.25) is 5.91 Å². The molecular formula is C20H22N2O3. The third-order valence-corrected chi connectivity index (χ3v) is 4.18. The lowest BCUT2D eigenvalue weighted by Crippen LogP contribution is -2.37. The van der Waals surface area contributed by atoms with Crippen LogP contribution in [0.1, 0.15) is 30.5 Å². The number of nitrogens with one attached hydrogen (secondary N) is 1. The number of hydrogen-bond acceptors (Lipinski definition) is 3. The number of benzene rings is 2. The Labute approximate surface area is 147 Å². The molecule has 0 radical (unpaired) electrons. The van der Waals surface area contributed by atoms with E-state index in [9.17, 15) is 9.59 Å². The first kappa shape index (κ1) is 17.0. The Kier molecular flexibility index (Phi) is 5.03. The number of rotatable bonds is 6. The standard InChI is InChI=1S/C20H22N2O3/c1-14-7-5-8-16(13-14)25-12-6-11-22-18-10-4-3-9-17(18)19(20(22)24)21-15(2)23/h3-5,7-10,13,19H,6,11-12H2,1-2H3,(H,21,23)/t19-/m0/s1. The average Bonchev–Trinajstić information content (AvgIpc) is 2.84. The first-order valence-corrected chi connectivity index (χ1v) is 8.43. The van der Waals surface area contributed by atoms with Gasteiger partial charge in [0, 0.05) is 24.7 Å². The zero-order chi connectivity index (χ0) is 17.8. The predicted octanol–water partition coefficient (Wildman–Crippen LogP) is 2.99. The fourth-order valence-corrected chi connectivity index (χ4v) is 3.08. The van der Waals surface area contributed by atoms with Crippen LogP contribution in [0.5, 0.6) is 5.75 Å². The van der Waals surface area contributed by atoms with Crippen molar-refractivity contribution in [3.05, 3.63) is 59.7 Å². The summed E-state index contributed by atoms with van der Waals surface area (Å²) in [5, 5.41) is 2.74. The average molecular weight is 338 g/mol. The topological polar surface area (TPSA) is 58.6 Å². The van der Waals surface area contributed by atoms with Crippen molar-refractivity contribution >= 4 is 17.5 Å². The summed E-state index contributed by atoms with van der Waals surface area (Å²) in [7, 11) is 0. The molecule has 25 heavy (non-hydrogen) atoms. The second kappa shape index (κ2) is 7.38. The number of anilines is 1. The molecule has 0 fully saturated rings. The van der Waals surface area contributed by atoms with E-state index in [0.29, 0.717) is 19.6 Å². The molecule has 3 rings (SSSR count). The zero-order valence-electron chi connectivity index (χ0n) is 14.5. The number of para-hydroxylation sites is 1. The van der Waals surface area contributed by atoms with Crippen LogP contribution in [0.4, 0.5) is 5.69 Å².